The van der Waals surface area contributed by atoms with Crippen molar-refractivity contribution in [2.75, 3.05) is 12.4 Å². The summed E-state index contributed by atoms with van der Waals surface area (Å²) in [5.74, 6) is 0.631. The summed E-state index contributed by atoms with van der Waals surface area (Å²) in [6.45, 7) is 6.02. The van der Waals surface area contributed by atoms with E-state index in [4.69, 9.17) is 4.74 Å². The number of ether oxygens (including phenoxy) is 1. The van der Waals surface area contributed by atoms with E-state index >= 15 is 0 Å². The molecule has 2 N–H and O–H groups in total. The standard InChI is InChI=1S/C16H20N2O2/c1-10-5-7-14(12(3)17-10)18-11(2)13-6-8-15(19)16(9-13)20-4/h5-9,11,18-19H,1-4H3. The van der Waals surface area contributed by atoms with Crippen LogP contribution in [0.3, 0.4) is 0 Å². The van der Waals surface area contributed by atoms with E-state index in [2.05, 4.69) is 17.2 Å². The molecule has 1 aromatic heterocycles. The summed E-state index contributed by atoms with van der Waals surface area (Å²) >= 11 is 0. The van der Waals surface area contributed by atoms with E-state index in [-0.39, 0.29) is 11.8 Å². The van der Waals surface area contributed by atoms with Crippen molar-refractivity contribution < 1.29 is 9.84 Å². The van der Waals surface area contributed by atoms with E-state index in [1.165, 1.54) is 0 Å². The molecule has 2 aromatic rings. The second-order valence-corrected chi connectivity index (χ2v) is 4.88. The molecule has 1 unspecified atom stereocenters. The molecular formula is C16H20N2O2. The van der Waals surface area contributed by atoms with Crippen LogP contribution >= 0.6 is 0 Å². The van der Waals surface area contributed by atoms with Crippen LogP contribution in [0, 0.1) is 13.8 Å². The van der Waals surface area contributed by atoms with Gasteiger partial charge in [-0.05, 0) is 50.6 Å². The molecule has 0 aliphatic heterocycles. The highest BCUT2D eigenvalue weighted by Crippen LogP contribution is 2.30. The number of hydrogen-bond acceptors (Lipinski definition) is 4. The predicted molar refractivity (Wildman–Crippen MR) is 80.4 cm³/mol. The minimum absolute atomic E-state index is 0.0905. The lowest BCUT2D eigenvalue weighted by Gasteiger charge is -2.18. The maximum absolute atomic E-state index is 9.63. The van der Waals surface area contributed by atoms with E-state index in [0.717, 1.165) is 22.6 Å². The Labute approximate surface area is 119 Å². The van der Waals surface area contributed by atoms with Crippen LogP contribution < -0.4 is 10.1 Å². The fourth-order valence-corrected chi connectivity index (χ4v) is 2.12. The number of phenolic OH excluding ortho intramolecular Hbond substituents is 1. The second kappa shape index (κ2) is 5.82. The quantitative estimate of drug-likeness (QED) is 0.893. The smallest absolute Gasteiger partial charge is 0.160 e. The molecule has 0 radical (unpaired) electrons. The molecule has 20 heavy (non-hydrogen) atoms. The number of hydrogen-bond donors (Lipinski definition) is 2. The maximum Gasteiger partial charge on any atom is 0.160 e. The van der Waals surface area contributed by atoms with Gasteiger partial charge in [-0.25, -0.2) is 0 Å². The van der Waals surface area contributed by atoms with Gasteiger partial charge in [0.25, 0.3) is 0 Å². The number of nitrogens with one attached hydrogen (secondary N) is 1. The first-order valence-corrected chi connectivity index (χ1v) is 6.59. The molecule has 0 spiro atoms. The predicted octanol–water partition coefficient (Wildman–Crippen LogP) is 3.59. The first-order valence-electron chi connectivity index (χ1n) is 6.59. The fraction of sp³-hybridized carbons (Fsp3) is 0.312. The highest BCUT2D eigenvalue weighted by molar-refractivity contribution is 5.51. The van der Waals surface area contributed by atoms with Crippen molar-refractivity contribution >= 4 is 5.69 Å². The lowest BCUT2D eigenvalue weighted by molar-refractivity contribution is 0.373. The zero-order chi connectivity index (χ0) is 14.7. The van der Waals surface area contributed by atoms with Gasteiger partial charge in [-0.2, -0.15) is 0 Å². The molecule has 1 atom stereocenters. The van der Waals surface area contributed by atoms with Crippen molar-refractivity contribution in [2.24, 2.45) is 0 Å². The molecule has 0 aliphatic rings. The summed E-state index contributed by atoms with van der Waals surface area (Å²) in [5, 5.41) is 13.1. The Bertz CT molecular complexity index is 611. The first-order chi connectivity index (χ1) is 9.51. The monoisotopic (exact) mass is 272 g/mol. The number of benzene rings is 1. The van der Waals surface area contributed by atoms with Crippen LogP contribution in [0.25, 0.3) is 0 Å². The number of aromatic hydroxyl groups is 1. The van der Waals surface area contributed by atoms with E-state index < -0.39 is 0 Å². The summed E-state index contributed by atoms with van der Waals surface area (Å²) in [5.41, 5.74) is 4.03. The molecule has 2 rings (SSSR count). The van der Waals surface area contributed by atoms with Crippen molar-refractivity contribution in [1.82, 2.24) is 4.98 Å². The summed E-state index contributed by atoms with van der Waals surface area (Å²) in [7, 11) is 1.55. The van der Waals surface area contributed by atoms with E-state index in [9.17, 15) is 5.11 Å². The molecule has 106 valence electrons. The van der Waals surface area contributed by atoms with Gasteiger partial charge in [0.2, 0.25) is 0 Å². The Kier molecular flexibility index (Phi) is 4.13. The number of aryl methyl sites for hydroxylation is 2. The second-order valence-electron chi connectivity index (χ2n) is 4.88. The molecule has 4 heteroatoms. The van der Waals surface area contributed by atoms with Gasteiger partial charge in [0.1, 0.15) is 0 Å². The average Bonchev–Trinajstić information content (AvgIpc) is 2.42. The SMILES string of the molecule is COc1cc(C(C)Nc2ccc(C)nc2C)ccc1O. The van der Waals surface area contributed by atoms with Gasteiger partial charge in [-0.3, -0.25) is 4.98 Å². The number of nitrogens with zero attached hydrogens (tertiary/aromatic N) is 1. The highest BCUT2D eigenvalue weighted by Gasteiger charge is 2.10. The number of anilines is 1. The van der Waals surface area contributed by atoms with Crippen LogP contribution in [-0.4, -0.2) is 17.2 Å². The number of aromatic nitrogens is 1. The Morgan fingerprint density at radius 2 is 1.95 bits per heavy atom. The average molecular weight is 272 g/mol. The van der Waals surface area contributed by atoms with Crippen LogP contribution in [0.4, 0.5) is 5.69 Å². The zero-order valence-corrected chi connectivity index (χ0v) is 12.3. The van der Waals surface area contributed by atoms with E-state index in [1.807, 2.05) is 38.1 Å². The van der Waals surface area contributed by atoms with Gasteiger partial charge in [-0.15, -0.1) is 0 Å². The van der Waals surface area contributed by atoms with Crippen molar-refractivity contribution in [2.45, 2.75) is 26.8 Å². The van der Waals surface area contributed by atoms with Crippen molar-refractivity contribution in [3.05, 3.63) is 47.3 Å². The van der Waals surface area contributed by atoms with Gasteiger partial charge in [0.05, 0.1) is 18.5 Å². The fourth-order valence-electron chi connectivity index (χ4n) is 2.12. The summed E-state index contributed by atoms with van der Waals surface area (Å²) in [4.78, 5) is 4.44. The van der Waals surface area contributed by atoms with Crippen molar-refractivity contribution in [1.29, 1.82) is 0 Å². The molecule has 1 aromatic carbocycles. The summed E-state index contributed by atoms with van der Waals surface area (Å²) in [6, 6.07) is 9.47. The molecule has 0 saturated carbocycles. The largest absolute Gasteiger partial charge is 0.504 e. The molecule has 1 heterocycles. The molecular weight excluding hydrogens is 252 g/mol. The lowest BCUT2D eigenvalue weighted by atomic mass is 10.1. The van der Waals surface area contributed by atoms with Crippen molar-refractivity contribution in [3.63, 3.8) is 0 Å². The van der Waals surface area contributed by atoms with Crippen LogP contribution in [0.5, 0.6) is 11.5 Å². The van der Waals surface area contributed by atoms with E-state index in [0.29, 0.717) is 5.75 Å². The molecule has 0 bridgehead atoms. The number of phenols is 1. The number of rotatable bonds is 4. The zero-order valence-electron chi connectivity index (χ0n) is 12.3. The lowest BCUT2D eigenvalue weighted by Crippen LogP contribution is -2.08. The van der Waals surface area contributed by atoms with Gasteiger partial charge in [0.15, 0.2) is 11.5 Å². The minimum atomic E-state index is 0.0905. The van der Waals surface area contributed by atoms with E-state index in [1.54, 1.807) is 13.2 Å². The first kappa shape index (κ1) is 14.2. The summed E-state index contributed by atoms with van der Waals surface area (Å²) in [6.07, 6.45) is 0. The minimum Gasteiger partial charge on any atom is -0.504 e. The molecule has 0 saturated heterocycles. The molecule has 0 aliphatic carbocycles. The van der Waals surface area contributed by atoms with Crippen molar-refractivity contribution in [3.8, 4) is 11.5 Å². The molecule has 0 fully saturated rings. The summed E-state index contributed by atoms with van der Waals surface area (Å²) < 4.78 is 5.14. The third-order valence-corrected chi connectivity index (χ3v) is 3.30. The Hall–Kier alpha value is -2.23. The molecule has 0 amide bonds. The number of pyridine rings is 1. The Morgan fingerprint density at radius 3 is 2.60 bits per heavy atom. The molecule has 4 nitrogen and oxygen atoms in total. The van der Waals surface area contributed by atoms with Gasteiger partial charge >= 0.3 is 0 Å². The Balaban J connectivity index is 2.21. The topological polar surface area (TPSA) is 54.4 Å². The normalized spacial score (nSPS) is 12.0. The van der Waals surface area contributed by atoms with Gasteiger partial charge < -0.3 is 15.2 Å². The van der Waals surface area contributed by atoms with Crippen LogP contribution in [0.15, 0.2) is 30.3 Å². The maximum atomic E-state index is 9.63. The third-order valence-electron chi connectivity index (χ3n) is 3.30. The van der Waals surface area contributed by atoms with Gasteiger partial charge in [0, 0.05) is 11.7 Å². The van der Waals surface area contributed by atoms with Crippen LogP contribution in [0.2, 0.25) is 0 Å². The van der Waals surface area contributed by atoms with Crippen LogP contribution in [0.1, 0.15) is 29.9 Å². The van der Waals surface area contributed by atoms with Gasteiger partial charge in [-0.1, -0.05) is 6.07 Å². The Morgan fingerprint density at radius 1 is 1.20 bits per heavy atom. The highest BCUT2D eigenvalue weighted by atomic mass is 16.5. The number of methoxy groups -OCH3 is 1. The third kappa shape index (κ3) is 3.02. The van der Waals surface area contributed by atoms with Crippen LogP contribution in [-0.2, 0) is 0 Å².